The Morgan fingerprint density at radius 1 is 1.14 bits per heavy atom. The van der Waals surface area contributed by atoms with Crippen molar-refractivity contribution in [2.45, 2.75) is 0 Å². The lowest BCUT2D eigenvalue weighted by molar-refractivity contribution is 0.0967. The van der Waals surface area contributed by atoms with Crippen LogP contribution in [0.15, 0.2) is 30.6 Å². The molecule has 0 bridgehead atoms. The highest BCUT2D eigenvalue weighted by Crippen LogP contribution is 2.23. The number of anilines is 1. The number of nitrogens with zero attached hydrogens (tertiary/aromatic N) is 3. The molecule has 0 unspecified atom stereocenters. The summed E-state index contributed by atoms with van der Waals surface area (Å²) in [6.07, 6.45) is 2.37. The number of nitriles is 1. The second-order valence-electron chi connectivity index (χ2n) is 3.90. The van der Waals surface area contributed by atoms with E-state index >= 15 is 0 Å². The Bertz CT molecular complexity index is 751. The molecular formula is C13H7Cl2N5O2. The summed E-state index contributed by atoms with van der Waals surface area (Å²) in [5.41, 5.74) is 0.0942. The maximum absolute atomic E-state index is 12.0. The van der Waals surface area contributed by atoms with E-state index in [0.29, 0.717) is 0 Å². The highest BCUT2D eigenvalue weighted by Gasteiger charge is 2.17. The minimum absolute atomic E-state index is 0.00750. The molecule has 0 spiro atoms. The van der Waals surface area contributed by atoms with Crippen LogP contribution in [0, 0.1) is 11.3 Å². The normalized spacial score (nSPS) is 9.68. The van der Waals surface area contributed by atoms with Crippen LogP contribution in [0.3, 0.4) is 0 Å². The SMILES string of the molecule is N#Cc1cnc(NC(=O)NC(=O)c2c(Cl)cccc2Cl)cn1. The van der Waals surface area contributed by atoms with Crippen LogP contribution in [0.25, 0.3) is 0 Å². The first-order chi connectivity index (χ1) is 10.5. The first-order valence-electron chi connectivity index (χ1n) is 5.79. The fourth-order valence-corrected chi connectivity index (χ4v) is 2.05. The maximum Gasteiger partial charge on any atom is 0.327 e. The molecular weight excluding hydrogens is 329 g/mol. The lowest BCUT2D eigenvalue weighted by Crippen LogP contribution is -2.35. The summed E-state index contributed by atoms with van der Waals surface area (Å²) in [5.74, 6) is -0.677. The molecule has 1 aromatic carbocycles. The second kappa shape index (κ2) is 6.85. The van der Waals surface area contributed by atoms with Gasteiger partial charge in [0.25, 0.3) is 5.91 Å². The number of rotatable bonds is 2. The van der Waals surface area contributed by atoms with Gasteiger partial charge in [-0.1, -0.05) is 29.3 Å². The Balaban J connectivity index is 2.05. The van der Waals surface area contributed by atoms with Gasteiger partial charge in [-0.15, -0.1) is 0 Å². The zero-order chi connectivity index (χ0) is 16.1. The van der Waals surface area contributed by atoms with E-state index < -0.39 is 11.9 Å². The average Bonchev–Trinajstić information content (AvgIpc) is 2.47. The zero-order valence-electron chi connectivity index (χ0n) is 10.8. The van der Waals surface area contributed by atoms with Gasteiger partial charge in [-0.25, -0.2) is 14.8 Å². The summed E-state index contributed by atoms with van der Waals surface area (Å²) in [7, 11) is 0. The number of hydrogen-bond acceptors (Lipinski definition) is 5. The fraction of sp³-hybridized carbons (Fsp3) is 0. The lowest BCUT2D eigenvalue weighted by Gasteiger charge is -2.08. The number of benzene rings is 1. The lowest BCUT2D eigenvalue weighted by atomic mass is 10.2. The smallest absolute Gasteiger partial charge is 0.291 e. The number of carbonyl (C=O) groups excluding carboxylic acids is 2. The van der Waals surface area contributed by atoms with Crippen molar-refractivity contribution >= 4 is 41.0 Å². The van der Waals surface area contributed by atoms with E-state index in [4.69, 9.17) is 28.5 Å². The van der Waals surface area contributed by atoms with Crippen LogP contribution in [-0.4, -0.2) is 21.9 Å². The van der Waals surface area contributed by atoms with Crippen LogP contribution < -0.4 is 10.6 Å². The van der Waals surface area contributed by atoms with Crippen molar-refractivity contribution in [3.63, 3.8) is 0 Å². The monoisotopic (exact) mass is 335 g/mol. The van der Waals surface area contributed by atoms with Crippen molar-refractivity contribution in [3.8, 4) is 6.07 Å². The summed E-state index contributed by atoms with van der Waals surface area (Å²) in [5, 5.41) is 13.2. The third kappa shape index (κ3) is 3.69. The van der Waals surface area contributed by atoms with Gasteiger partial charge in [-0.3, -0.25) is 15.4 Å². The van der Waals surface area contributed by atoms with Gasteiger partial charge < -0.3 is 0 Å². The predicted molar refractivity (Wildman–Crippen MR) is 79.7 cm³/mol. The first-order valence-corrected chi connectivity index (χ1v) is 6.55. The Hall–Kier alpha value is -2.69. The van der Waals surface area contributed by atoms with E-state index in [1.54, 1.807) is 12.1 Å². The number of nitrogens with one attached hydrogen (secondary N) is 2. The van der Waals surface area contributed by atoms with Crippen molar-refractivity contribution in [2.24, 2.45) is 0 Å². The van der Waals surface area contributed by atoms with Crippen molar-refractivity contribution in [1.82, 2.24) is 15.3 Å². The molecule has 0 atom stereocenters. The van der Waals surface area contributed by atoms with E-state index in [0.717, 1.165) is 0 Å². The minimum Gasteiger partial charge on any atom is -0.291 e. The number of imide groups is 1. The molecule has 110 valence electrons. The molecule has 1 heterocycles. The zero-order valence-corrected chi connectivity index (χ0v) is 12.3. The molecule has 2 aromatic rings. The summed E-state index contributed by atoms with van der Waals surface area (Å²) in [6.45, 7) is 0. The van der Waals surface area contributed by atoms with Crippen LogP contribution in [0.2, 0.25) is 10.0 Å². The van der Waals surface area contributed by atoms with Gasteiger partial charge in [0.15, 0.2) is 11.5 Å². The van der Waals surface area contributed by atoms with Crippen LogP contribution in [0.1, 0.15) is 16.1 Å². The van der Waals surface area contributed by atoms with Crippen molar-refractivity contribution in [1.29, 1.82) is 5.26 Å². The fourth-order valence-electron chi connectivity index (χ4n) is 1.48. The summed E-state index contributed by atoms with van der Waals surface area (Å²) in [4.78, 5) is 31.2. The van der Waals surface area contributed by atoms with E-state index in [1.807, 2.05) is 0 Å². The van der Waals surface area contributed by atoms with Gasteiger partial charge in [0.05, 0.1) is 28.0 Å². The molecule has 9 heteroatoms. The number of carbonyl (C=O) groups is 2. The largest absolute Gasteiger partial charge is 0.327 e. The molecule has 0 fully saturated rings. The van der Waals surface area contributed by atoms with Gasteiger partial charge in [-0.05, 0) is 12.1 Å². The highest BCUT2D eigenvalue weighted by molar-refractivity contribution is 6.40. The molecule has 0 saturated heterocycles. The molecule has 2 rings (SSSR count). The number of hydrogen-bond donors (Lipinski definition) is 2. The Labute approximate surface area is 134 Å². The van der Waals surface area contributed by atoms with E-state index in [1.165, 1.54) is 24.5 Å². The molecule has 3 amide bonds. The Kier molecular flexibility index (Phi) is 4.88. The topological polar surface area (TPSA) is 108 Å². The quantitative estimate of drug-likeness (QED) is 0.876. The third-order valence-corrected chi connectivity index (χ3v) is 3.05. The maximum atomic E-state index is 12.0. The number of halogens is 2. The molecule has 0 aliphatic carbocycles. The molecule has 1 aromatic heterocycles. The molecule has 0 radical (unpaired) electrons. The Morgan fingerprint density at radius 2 is 1.82 bits per heavy atom. The molecule has 0 aliphatic rings. The molecule has 7 nitrogen and oxygen atoms in total. The third-order valence-electron chi connectivity index (χ3n) is 2.42. The summed E-state index contributed by atoms with van der Waals surface area (Å²) in [6, 6.07) is 5.49. The van der Waals surface area contributed by atoms with E-state index in [2.05, 4.69) is 20.6 Å². The minimum atomic E-state index is -0.833. The Morgan fingerprint density at radius 3 is 2.36 bits per heavy atom. The van der Waals surface area contributed by atoms with E-state index in [-0.39, 0.29) is 27.1 Å². The second-order valence-corrected chi connectivity index (χ2v) is 4.72. The number of aromatic nitrogens is 2. The average molecular weight is 336 g/mol. The van der Waals surface area contributed by atoms with Crippen molar-refractivity contribution < 1.29 is 9.59 Å². The van der Waals surface area contributed by atoms with Crippen LogP contribution >= 0.6 is 23.2 Å². The van der Waals surface area contributed by atoms with E-state index in [9.17, 15) is 9.59 Å². The van der Waals surface area contributed by atoms with Crippen LogP contribution in [0.4, 0.5) is 10.6 Å². The van der Waals surface area contributed by atoms with Gasteiger partial charge in [-0.2, -0.15) is 5.26 Å². The van der Waals surface area contributed by atoms with Crippen molar-refractivity contribution in [2.75, 3.05) is 5.32 Å². The van der Waals surface area contributed by atoms with Gasteiger partial charge >= 0.3 is 6.03 Å². The number of amides is 3. The summed E-state index contributed by atoms with van der Waals surface area (Å²) >= 11 is 11.7. The number of urea groups is 1. The highest BCUT2D eigenvalue weighted by atomic mass is 35.5. The molecule has 2 N–H and O–H groups in total. The molecule has 0 saturated carbocycles. The van der Waals surface area contributed by atoms with Gasteiger partial charge in [0, 0.05) is 0 Å². The van der Waals surface area contributed by atoms with Gasteiger partial charge in [0.1, 0.15) is 6.07 Å². The van der Waals surface area contributed by atoms with Gasteiger partial charge in [0.2, 0.25) is 0 Å². The summed E-state index contributed by atoms with van der Waals surface area (Å²) < 4.78 is 0. The molecule has 0 aliphatic heterocycles. The molecule has 22 heavy (non-hydrogen) atoms. The predicted octanol–water partition coefficient (Wildman–Crippen LogP) is 2.62. The van der Waals surface area contributed by atoms with Crippen molar-refractivity contribution in [3.05, 3.63) is 51.9 Å². The van der Waals surface area contributed by atoms with Crippen LogP contribution in [0.5, 0.6) is 0 Å². The van der Waals surface area contributed by atoms with Crippen LogP contribution in [-0.2, 0) is 0 Å². The first kappa shape index (κ1) is 15.7. The standard InChI is InChI=1S/C13H7Cl2N5O2/c14-8-2-1-3-9(15)11(8)12(21)20-13(22)19-10-6-17-7(4-16)5-18-10/h1-3,5-6H,(H2,18,19,20,21,22).